The van der Waals surface area contributed by atoms with E-state index in [2.05, 4.69) is 13.8 Å². The van der Waals surface area contributed by atoms with Gasteiger partial charge in [0.25, 0.3) is 0 Å². The highest BCUT2D eigenvalue weighted by atomic mass is 16.6. The molecule has 0 aromatic heterocycles. The first-order chi connectivity index (χ1) is 10.8. The second-order valence-electron chi connectivity index (χ2n) is 8.48. The number of hydrogen-bond donors (Lipinski definition) is 1. The van der Waals surface area contributed by atoms with E-state index in [4.69, 9.17) is 4.74 Å². The Balaban J connectivity index is 1.71. The monoisotopic (exact) mass is 318 g/mol. The van der Waals surface area contributed by atoms with Crippen molar-refractivity contribution in [2.75, 3.05) is 0 Å². The lowest BCUT2D eigenvalue weighted by atomic mass is 9.47. The summed E-state index contributed by atoms with van der Waals surface area (Å²) in [5, 5.41) is 10.7. The Labute approximate surface area is 137 Å². The minimum Gasteiger partial charge on any atom is -0.459 e. The number of esters is 1. The van der Waals surface area contributed by atoms with Crippen molar-refractivity contribution < 1.29 is 19.4 Å². The summed E-state index contributed by atoms with van der Waals surface area (Å²) in [5.74, 6) is 1.28. The number of fused-ring (bicyclic) bond motifs is 5. The van der Waals surface area contributed by atoms with Crippen LogP contribution in [0.15, 0.2) is 11.6 Å². The van der Waals surface area contributed by atoms with Gasteiger partial charge in [-0.3, -0.25) is 9.59 Å². The van der Waals surface area contributed by atoms with Crippen molar-refractivity contribution in [2.24, 2.45) is 23.2 Å². The molecule has 0 aromatic rings. The van der Waals surface area contributed by atoms with Gasteiger partial charge in [-0.05, 0) is 67.9 Å². The number of hydrogen-bond acceptors (Lipinski definition) is 4. The van der Waals surface area contributed by atoms with Crippen LogP contribution < -0.4 is 0 Å². The van der Waals surface area contributed by atoms with Crippen LogP contribution in [0.4, 0.5) is 0 Å². The molecule has 0 amide bonds. The van der Waals surface area contributed by atoms with Crippen molar-refractivity contribution >= 4 is 11.8 Å². The van der Waals surface area contributed by atoms with Gasteiger partial charge in [-0.1, -0.05) is 6.92 Å². The van der Waals surface area contributed by atoms with Gasteiger partial charge in [-0.25, -0.2) is 0 Å². The third-order valence-corrected chi connectivity index (χ3v) is 7.32. The normalized spacial score (nSPS) is 49.4. The first-order valence-corrected chi connectivity index (χ1v) is 8.98. The van der Waals surface area contributed by atoms with Crippen LogP contribution in [0.3, 0.4) is 0 Å². The number of carbonyl (C=O) groups excluding carboxylic acids is 2. The highest BCUT2D eigenvalue weighted by molar-refractivity contribution is 5.91. The highest BCUT2D eigenvalue weighted by Crippen LogP contribution is 2.61. The lowest BCUT2D eigenvalue weighted by molar-refractivity contribution is -0.197. The van der Waals surface area contributed by atoms with Crippen LogP contribution in [-0.2, 0) is 14.3 Å². The summed E-state index contributed by atoms with van der Waals surface area (Å²) in [6.45, 7) is 4.32. The van der Waals surface area contributed by atoms with E-state index >= 15 is 0 Å². The Morgan fingerprint density at radius 3 is 2.70 bits per heavy atom. The summed E-state index contributed by atoms with van der Waals surface area (Å²) in [6.07, 6.45) is 6.62. The van der Waals surface area contributed by atoms with Crippen LogP contribution in [-0.4, -0.2) is 28.6 Å². The van der Waals surface area contributed by atoms with E-state index < -0.39 is 6.10 Å². The molecule has 1 saturated heterocycles. The van der Waals surface area contributed by atoms with Crippen LogP contribution in [0.2, 0.25) is 0 Å². The Morgan fingerprint density at radius 2 is 1.91 bits per heavy atom. The molecule has 1 aliphatic heterocycles. The van der Waals surface area contributed by atoms with Crippen molar-refractivity contribution in [1.82, 2.24) is 0 Å². The van der Waals surface area contributed by atoms with Gasteiger partial charge < -0.3 is 9.84 Å². The molecular weight excluding hydrogens is 292 g/mol. The topological polar surface area (TPSA) is 63.6 Å². The number of aliphatic hydroxyl groups is 1. The summed E-state index contributed by atoms with van der Waals surface area (Å²) in [4.78, 5) is 23.6. The van der Waals surface area contributed by atoms with E-state index in [1.54, 1.807) is 6.08 Å². The summed E-state index contributed by atoms with van der Waals surface area (Å²) >= 11 is 0. The Morgan fingerprint density at radius 1 is 1.13 bits per heavy atom. The summed E-state index contributed by atoms with van der Waals surface area (Å²) in [5.41, 5.74) is 0.531. The minimum absolute atomic E-state index is 0.0704. The maximum atomic E-state index is 11.8. The van der Waals surface area contributed by atoms with Crippen molar-refractivity contribution in [3.63, 3.8) is 0 Å². The number of allylic oxidation sites excluding steroid dienone is 1. The molecule has 0 aromatic carbocycles. The number of aliphatic hydroxyl groups excluding tert-OH is 1. The van der Waals surface area contributed by atoms with Gasteiger partial charge in [-0.2, -0.15) is 0 Å². The molecular formula is C19H26O4. The molecule has 4 aliphatic rings. The van der Waals surface area contributed by atoms with Crippen LogP contribution in [0.25, 0.3) is 0 Å². The van der Waals surface area contributed by atoms with E-state index in [-0.39, 0.29) is 22.8 Å². The molecule has 0 spiro atoms. The van der Waals surface area contributed by atoms with Crippen LogP contribution in [0.5, 0.6) is 0 Å². The molecule has 0 radical (unpaired) electrons. The first-order valence-electron chi connectivity index (χ1n) is 8.98. The molecule has 3 fully saturated rings. The van der Waals surface area contributed by atoms with Gasteiger partial charge >= 0.3 is 5.97 Å². The van der Waals surface area contributed by atoms with Crippen LogP contribution in [0.1, 0.15) is 58.8 Å². The standard InChI is InChI=1S/C19H26O4/c1-18-7-5-11(20)9-15(18)16(21)10-12-13(18)6-8-19(2)14(12)3-4-17(22)23-19/h9,12-14,16,21H,3-8,10H2,1-2H3. The molecule has 1 N–H and O–H groups in total. The maximum Gasteiger partial charge on any atom is 0.306 e. The minimum atomic E-state index is -0.523. The van der Waals surface area contributed by atoms with Gasteiger partial charge in [0.05, 0.1) is 6.10 Å². The largest absolute Gasteiger partial charge is 0.459 e. The average molecular weight is 318 g/mol. The van der Waals surface area contributed by atoms with Crippen molar-refractivity contribution in [2.45, 2.75) is 70.5 Å². The number of carbonyl (C=O) groups is 2. The number of ketones is 1. The Hall–Kier alpha value is -1.16. The van der Waals surface area contributed by atoms with Gasteiger partial charge in [-0.15, -0.1) is 0 Å². The molecule has 4 rings (SSSR count). The fraction of sp³-hybridized carbons (Fsp3) is 0.789. The van der Waals surface area contributed by atoms with Gasteiger partial charge in [0.15, 0.2) is 5.78 Å². The quantitative estimate of drug-likeness (QED) is 0.698. The molecule has 6 unspecified atom stereocenters. The van der Waals surface area contributed by atoms with Crippen molar-refractivity contribution in [1.29, 1.82) is 0 Å². The fourth-order valence-corrected chi connectivity index (χ4v) is 6.12. The predicted octanol–water partition coefficient (Wildman–Crippen LogP) is 2.78. The van der Waals surface area contributed by atoms with E-state index in [0.717, 1.165) is 31.3 Å². The second kappa shape index (κ2) is 4.92. The summed E-state index contributed by atoms with van der Waals surface area (Å²) in [6, 6.07) is 0. The molecule has 3 aliphatic carbocycles. The molecule has 2 saturated carbocycles. The summed E-state index contributed by atoms with van der Waals surface area (Å²) in [7, 11) is 0. The lowest BCUT2D eigenvalue weighted by Crippen LogP contribution is -2.58. The first kappa shape index (κ1) is 15.4. The molecule has 4 heteroatoms. The number of ether oxygens (including phenoxy) is 1. The van der Waals surface area contributed by atoms with Crippen LogP contribution >= 0.6 is 0 Å². The molecule has 126 valence electrons. The zero-order chi connectivity index (χ0) is 16.4. The Bertz CT molecular complexity index is 594. The van der Waals surface area contributed by atoms with Crippen LogP contribution in [0, 0.1) is 23.2 Å². The fourth-order valence-electron chi connectivity index (χ4n) is 6.12. The molecule has 23 heavy (non-hydrogen) atoms. The molecule has 0 bridgehead atoms. The van der Waals surface area contributed by atoms with E-state index in [1.807, 2.05) is 0 Å². The zero-order valence-corrected chi connectivity index (χ0v) is 14.0. The third kappa shape index (κ3) is 2.14. The van der Waals surface area contributed by atoms with Crippen molar-refractivity contribution in [3.05, 3.63) is 11.6 Å². The van der Waals surface area contributed by atoms with Crippen molar-refractivity contribution in [3.8, 4) is 0 Å². The third-order valence-electron chi connectivity index (χ3n) is 7.32. The maximum absolute atomic E-state index is 11.8. The average Bonchev–Trinajstić information content (AvgIpc) is 2.48. The summed E-state index contributed by atoms with van der Waals surface area (Å²) < 4.78 is 5.76. The molecule has 1 heterocycles. The second-order valence-corrected chi connectivity index (χ2v) is 8.48. The van der Waals surface area contributed by atoms with E-state index in [9.17, 15) is 14.7 Å². The van der Waals surface area contributed by atoms with Gasteiger partial charge in [0.1, 0.15) is 5.60 Å². The molecule has 4 nitrogen and oxygen atoms in total. The van der Waals surface area contributed by atoms with Gasteiger partial charge in [0.2, 0.25) is 0 Å². The SMILES string of the molecule is CC12CCC3C(CC(O)C4=CC(=O)CCC43C)C1CCC(=O)O2. The predicted molar refractivity (Wildman–Crippen MR) is 84.5 cm³/mol. The highest BCUT2D eigenvalue weighted by Gasteiger charge is 2.59. The zero-order valence-electron chi connectivity index (χ0n) is 14.0. The smallest absolute Gasteiger partial charge is 0.306 e. The lowest BCUT2D eigenvalue weighted by Gasteiger charge is -2.60. The van der Waals surface area contributed by atoms with E-state index in [1.165, 1.54) is 0 Å². The van der Waals surface area contributed by atoms with Gasteiger partial charge in [0, 0.05) is 18.8 Å². The molecule has 6 atom stereocenters. The van der Waals surface area contributed by atoms with E-state index in [0.29, 0.717) is 37.0 Å². The Kier molecular flexibility index (Phi) is 3.29. The number of rotatable bonds is 0.